The van der Waals surface area contributed by atoms with Crippen LogP contribution in [0.3, 0.4) is 0 Å². The summed E-state index contributed by atoms with van der Waals surface area (Å²) in [4.78, 5) is 30.1. The van der Waals surface area contributed by atoms with Crippen LogP contribution in [0.25, 0.3) is 0 Å². The van der Waals surface area contributed by atoms with Crippen LogP contribution in [0.2, 0.25) is 0 Å². The summed E-state index contributed by atoms with van der Waals surface area (Å²) in [5, 5.41) is 2.82. The van der Waals surface area contributed by atoms with Gasteiger partial charge in [-0.25, -0.2) is 4.79 Å². The average Bonchev–Trinajstić information content (AvgIpc) is 3.17. The summed E-state index contributed by atoms with van der Waals surface area (Å²) in [5.41, 5.74) is 0. The Kier molecular flexibility index (Phi) is 4.80. The fraction of sp³-hybridized carbons (Fsp3) is 0.882. The van der Waals surface area contributed by atoms with Crippen molar-refractivity contribution in [3.8, 4) is 0 Å². The van der Waals surface area contributed by atoms with Crippen LogP contribution in [0.5, 0.6) is 0 Å². The van der Waals surface area contributed by atoms with E-state index in [0.717, 1.165) is 44.1 Å². The lowest BCUT2D eigenvalue weighted by molar-refractivity contribution is -0.130. The van der Waals surface area contributed by atoms with E-state index in [1.165, 1.54) is 30.6 Å². The lowest BCUT2D eigenvalue weighted by Gasteiger charge is -2.41. The molecule has 1 N–H and O–H groups in total. The van der Waals surface area contributed by atoms with E-state index in [9.17, 15) is 9.59 Å². The van der Waals surface area contributed by atoms with E-state index in [2.05, 4.69) is 10.2 Å². The molecule has 6 heteroatoms. The molecule has 1 aliphatic heterocycles. The van der Waals surface area contributed by atoms with Crippen molar-refractivity contribution >= 4 is 11.9 Å². The molecule has 1 saturated heterocycles. The Morgan fingerprint density at radius 2 is 1.78 bits per heavy atom. The van der Waals surface area contributed by atoms with Gasteiger partial charge in [0, 0.05) is 46.3 Å². The van der Waals surface area contributed by atoms with E-state index >= 15 is 0 Å². The van der Waals surface area contributed by atoms with Crippen LogP contribution in [0.15, 0.2) is 0 Å². The van der Waals surface area contributed by atoms with E-state index in [-0.39, 0.29) is 11.9 Å². The lowest BCUT2D eigenvalue weighted by atomic mass is 9.93. The van der Waals surface area contributed by atoms with Gasteiger partial charge in [-0.15, -0.1) is 0 Å². The topological polar surface area (TPSA) is 55.9 Å². The van der Waals surface area contributed by atoms with Crippen LogP contribution < -0.4 is 5.32 Å². The molecule has 4 atom stereocenters. The molecule has 0 spiro atoms. The van der Waals surface area contributed by atoms with Crippen LogP contribution in [0.4, 0.5) is 4.79 Å². The van der Waals surface area contributed by atoms with Crippen molar-refractivity contribution in [1.29, 1.82) is 0 Å². The van der Waals surface area contributed by atoms with E-state index in [4.69, 9.17) is 0 Å². The number of piperazine rings is 1. The van der Waals surface area contributed by atoms with Gasteiger partial charge in [0.1, 0.15) is 6.04 Å². The molecule has 0 unspecified atom stereocenters. The molecule has 0 aromatic heterocycles. The maximum atomic E-state index is 12.3. The van der Waals surface area contributed by atoms with Crippen LogP contribution in [0, 0.1) is 11.8 Å². The molecule has 2 aliphatic carbocycles. The third-order valence-corrected chi connectivity index (χ3v) is 5.92. The van der Waals surface area contributed by atoms with E-state index in [1.54, 1.807) is 21.0 Å². The number of nitrogens with one attached hydrogen (secondary N) is 1. The highest BCUT2D eigenvalue weighted by atomic mass is 16.2. The summed E-state index contributed by atoms with van der Waals surface area (Å²) in [6, 6.07) is 0.176. The fourth-order valence-corrected chi connectivity index (χ4v) is 4.64. The van der Waals surface area contributed by atoms with Crippen molar-refractivity contribution in [3.63, 3.8) is 0 Å². The Labute approximate surface area is 139 Å². The first-order valence-corrected chi connectivity index (χ1v) is 8.96. The molecule has 130 valence electrons. The van der Waals surface area contributed by atoms with Crippen LogP contribution in [-0.4, -0.2) is 79.0 Å². The molecule has 2 bridgehead atoms. The Bertz CT molecular complexity index is 460. The summed E-state index contributed by atoms with van der Waals surface area (Å²) in [6.07, 6.45) is 5.63. The minimum Gasteiger partial charge on any atom is -0.347 e. The molecule has 3 fully saturated rings. The van der Waals surface area contributed by atoms with Crippen LogP contribution in [-0.2, 0) is 4.79 Å². The number of fused-ring (bicyclic) bond motifs is 2. The van der Waals surface area contributed by atoms with E-state index in [0.29, 0.717) is 0 Å². The lowest BCUT2D eigenvalue weighted by Crippen LogP contribution is -2.57. The number of likely N-dealkylation sites (N-methyl/N-ethyl adjacent to an activating group) is 1. The standard InChI is InChI=1S/C17H30N4O2/c1-12(16(22)19(2)3)18-17(23)21-8-6-20(7-9-21)15-11-13-4-5-14(15)10-13/h12-15H,4-11H2,1-3H3,(H,18,23)/t12-,13+,14+,15+/m1/s1. The second kappa shape index (κ2) is 6.67. The molecule has 0 aromatic rings. The Morgan fingerprint density at radius 1 is 1.09 bits per heavy atom. The molecule has 3 aliphatic rings. The monoisotopic (exact) mass is 322 g/mol. The van der Waals surface area contributed by atoms with Crippen molar-refractivity contribution in [3.05, 3.63) is 0 Å². The Morgan fingerprint density at radius 3 is 2.30 bits per heavy atom. The maximum absolute atomic E-state index is 12.3. The first-order chi connectivity index (χ1) is 11.0. The molecule has 3 rings (SSSR count). The van der Waals surface area contributed by atoms with Gasteiger partial charge in [0.15, 0.2) is 0 Å². The molecule has 6 nitrogen and oxygen atoms in total. The molecular formula is C17H30N4O2. The molecule has 0 aromatic carbocycles. The second-order valence-corrected chi connectivity index (χ2v) is 7.67. The van der Waals surface area contributed by atoms with Crippen molar-refractivity contribution in [1.82, 2.24) is 20.0 Å². The number of carbonyl (C=O) groups is 2. The zero-order valence-corrected chi connectivity index (χ0v) is 14.6. The predicted molar refractivity (Wildman–Crippen MR) is 89.1 cm³/mol. The minimum absolute atomic E-state index is 0.0704. The second-order valence-electron chi connectivity index (χ2n) is 7.67. The fourth-order valence-electron chi connectivity index (χ4n) is 4.64. The zero-order chi connectivity index (χ0) is 16.6. The average molecular weight is 322 g/mol. The van der Waals surface area contributed by atoms with Gasteiger partial charge in [0.2, 0.25) is 5.91 Å². The Hall–Kier alpha value is -1.30. The largest absolute Gasteiger partial charge is 0.347 e. The first kappa shape index (κ1) is 16.6. The molecular weight excluding hydrogens is 292 g/mol. The zero-order valence-electron chi connectivity index (χ0n) is 14.6. The van der Waals surface area contributed by atoms with Gasteiger partial charge in [-0.05, 0) is 38.0 Å². The summed E-state index contributed by atoms with van der Waals surface area (Å²) in [6.45, 7) is 5.21. The van der Waals surface area contributed by atoms with Crippen molar-refractivity contribution in [2.24, 2.45) is 11.8 Å². The molecule has 23 heavy (non-hydrogen) atoms. The van der Waals surface area contributed by atoms with Crippen molar-refractivity contribution in [2.75, 3.05) is 40.3 Å². The number of urea groups is 1. The molecule has 1 heterocycles. The molecule has 0 radical (unpaired) electrons. The number of hydrogen-bond donors (Lipinski definition) is 1. The van der Waals surface area contributed by atoms with Gasteiger partial charge in [-0.3, -0.25) is 9.69 Å². The summed E-state index contributed by atoms with van der Waals surface area (Å²) in [5.74, 6) is 1.79. The maximum Gasteiger partial charge on any atom is 0.318 e. The van der Waals surface area contributed by atoms with Gasteiger partial charge in [0.05, 0.1) is 0 Å². The number of rotatable bonds is 3. The van der Waals surface area contributed by atoms with Gasteiger partial charge < -0.3 is 15.1 Å². The summed E-state index contributed by atoms with van der Waals surface area (Å²) < 4.78 is 0. The van der Waals surface area contributed by atoms with E-state index < -0.39 is 6.04 Å². The summed E-state index contributed by atoms with van der Waals surface area (Å²) in [7, 11) is 3.41. The smallest absolute Gasteiger partial charge is 0.318 e. The highest BCUT2D eigenvalue weighted by Gasteiger charge is 2.43. The minimum atomic E-state index is -0.471. The van der Waals surface area contributed by atoms with Gasteiger partial charge >= 0.3 is 6.03 Å². The van der Waals surface area contributed by atoms with Gasteiger partial charge in [-0.1, -0.05) is 6.42 Å². The number of nitrogens with zero attached hydrogens (tertiary/aromatic N) is 3. The van der Waals surface area contributed by atoms with Crippen LogP contribution in [0.1, 0.15) is 32.6 Å². The SMILES string of the molecule is C[C@@H](NC(=O)N1CCN([C@H]2C[C@H]3CC[C@H]2C3)CC1)C(=O)N(C)C. The number of carbonyl (C=O) groups excluding carboxylic acids is 2. The highest BCUT2D eigenvalue weighted by molar-refractivity contribution is 5.86. The highest BCUT2D eigenvalue weighted by Crippen LogP contribution is 2.46. The van der Waals surface area contributed by atoms with Crippen molar-refractivity contribution < 1.29 is 9.59 Å². The Balaban J connectivity index is 1.45. The molecule has 3 amide bonds. The third-order valence-electron chi connectivity index (χ3n) is 5.92. The van der Waals surface area contributed by atoms with E-state index in [1.807, 2.05) is 4.90 Å². The molecule has 2 saturated carbocycles. The predicted octanol–water partition coefficient (Wildman–Crippen LogP) is 0.979. The first-order valence-electron chi connectivity index (χ1n) is 8.96. The van der Waals surface area contributed by atoms with Gasteiger partial charge in [0.25, 0.3) is 0 Å². The quantitative estimate of drug-likeness (QED) is 0.843. The van der Waals surface area contributed by atoms with Crippen LogP contribution >= 0.6 is 0 Å². The van der Waals surface area contributed by atoms with Crippen molar-refractivity contribution in [2.45, 2.75) is 44.7 Å². The number of hydrogen-bond acceptors (Lipinski definition) is 3. The number of amides is 3. The third kappa shape index (κ3) is 3.47. The van der Waals surface area contributed by atoms with Gasteiger partial charge in [-0.2, -0.15) is 0 Å². The normalized spacial score (nSPS) is 32.0. The summed E-state index contributed by atoms with van der Waals surface area (Å²) >= 11 is 0.